The molecule has 0 bridgehead atoms. The van der Waals surface area contributed by atoms with Gasteiger partial charge in [0.25, 0.3) is 5.56 Å². The quantitative estimate of drug-likeness (QED) is 0.636. The minimum absolute atomic E-state index is 0.267. The first-order chi connectivity index (χ1) is 11.9. The molecular weight excluding hydrogens is 324 g/mol. The summed E-state index contributed by atoms with van der Waals surface area (Å²) in [7, 11) is 1.50. The van der Waals surface area contributed by atoms with E-state index in [2.05, 4.69) is 4.98 Å². The van der Waals surface area contributed by atoms with E-state index in [-0.39, 0.29) is 23.5 Å². The molecule has 8 nitrogen and oxygen atoms in total. The van der Waals surface area contributed by atoms with Crippen molar-refractivity contribution in [1.82, 2.24) is 18.7 Å². The van der Waals surface area contributed by atoms with Crippen LogP contribution in [0.3, 0.4) is 0 Å². The molecule has 0 fully saturated rings. The Morgan fingerprint density at radius 3 is 2.36 bits per heavy atom. The Hall–Kier alpha value is -1.93. The average Bonchev–Trinajstić information content (AvgIpc) is 2.98. The van der Waals surface area contributed by atoms with Gasteiger partial charge in [0.05, 0.1) is 6.33 Å². The van der Waals surface area contributed by atoms with Crippen LogP contribution in [0.5, 0.6) is 0 Å². The highest BCUT2D eigenvalue weighted by atomic mass is 16.7. The van der Waals surface area contributed by atoms with Crippen molar-refractivity contribution < 1.29 is 9.47 Å². The van der Waals surface area contributed by atoms with Gasteiger partial charge in [-0.05, 0) is 19.8 Å². The Bertz CT molecular complexity index is 812. The van der Waals surface area contributed by atoms with Gasteiger partial charge in [0, 0.05) is 39.8 Å². The Balaban J connectivity index is 2.41. The molecule has 2 rings (SSSR count). The second kappa shape index (κ2) is 8.44. The molecular formula is C17H28N4O4. The van der Waals surface area contributed by atoms with Gasteiger partial charge in [-0.25, -0.2) is 9.78 Å². The summed E-state index contributed by atoms with van der Waals surface area (Å²) in [6.07, 6.45) is 1.88. The molecule has 2 heterocycles. The van der Waals surface area contributed by atoms with Gasteiger partial charge in [0.15, 0.2) is 17.5 Å². The van der Waals surface area contributed by atoms with Crippen LogP contribution in [0.1, 0.15) is 34.1 Å². The third-order valence-corrected chi connectivity index (χ3v) is 3.96. The monoisotopic (exact) mass is 352 g/mol. The van der Waals surface area contributed by atoms with Crippen molar-refractivity contribution in [2.45, 2.75) is 53.5 Å². The van der Waals surface area contributed by atoms with E-state index in [1.165, 1.54) is 7.05 Å². The Labute approximate surface area is 147 Å². The second-order valence-electron chi connectivity index (χ2n) is 6.39. The number of ether oxygens (including phenoxy) is 2. The highest BCUT2D eigenvalue weighted by Crippen LogP contribution is 2.11. The molecule has 0 spiro atoms. The topological polar surface area (TPSA) is 80.3 Å². The van der Waals surface area contributed by atoms with Crippen molar-refractivity contribution in [2.75, 3.05) is 13.2 Å². The molecule has 2 aromatic heterocycles. The van der Waals surface area contributed by atoms with Crippen LogP contribution in [0, 0.1) is 5.92 Å². The number of imidazole rings is 1. The van der Waals surface area contributed by atoms with Gasteiger partial charge in [-0.2, -0.15) is 0 Å². The van der Waals surface area contributed by atoms with Crippen molar-refractivity contribution in [1.29, 1.82) is 0 Å². The van der Waals surface area contributed by atoms with Gasteiger partial charge < -0.3 is 14.0 Å². The minimum Gasteiger partial charge on any atom is -0.353 e. The number of hydrogen-bond acceptors (Lipinski definition) is 5. The number of nitrogens with zero attached hydrogens (tertiary/aromatic N) is 4. The first-order valence-electron chi connectivity index (χ1n) is 8.78. The Morgan fingerprint density at radius 1 is 1.16 bits per heavy atom. The largest absolute Gasteiger partial charge is 0.353 e. The summed E-state index contributed by atoms with van der Waals surface area (Å²) in [5.74, 6) is 0.267. The van der Waals surface area contributed by atoms with E-state index in [9.17, 15) is 9.59 Å². The van der Waals surface area contributed by atoms with E-state index in [0.717, 1.165) is 4.57 Å². The van der Waals surface area contributed by atoms with Gasteiger partial charge in [0.2, 0.25) is 0 Å². The van der Waals surface area contributed by atoms with Crippen LogP contribution < -0.4 is 11.2 Å². The highest BCUT2D eigenvalue weighted by molar-refractivity contribution is 5.70. The SMILES string of the molecule is CCOC(CCn1cnc2c1c(=O)n(C)c(=O)n2CC(C)C)OCC. The highest BCUT2D eigenvalue weighted by Gasteiger charge is 2.18. The lowest BCUT2D eigenvalue weighted by Crippen LogP contribution is -2.39. The number of aromatic nitrogens is 4. The van der Waals surface area contributed by atoms with Gasteiger partial charge in [-0.1, -0.05) is 13.8 Å². The standard InChI is InChI=1S/C17H28N4O4/c1-6-24-13(25-7-2)8-9-20-11-18-15-14(20)16(22)19(5)17(23)21(15)10-12(3)4/h11-13H,6-10H2,1-5H3. The van der Waals surface area contributed by atoms with Crippen LogP contribution in [0.15, 0.2) is 15.9 Å². The van der Waals surface area contributed by atoms with Crippen molar-refractivity contribution in [3.05, 3.63) is 27.2 Å². The maximum absolute atomic E-state index is 12.6. The van der Waals surface area contributed by atoms with Crippen molar-refractivity contribution in [3.8, 4) is 0 Å². The smallest absolute Gasteiger partial charge is 0.332 e. The van der Waals surface area contributed by atoms with Crippen molar-refractivity contribution in [2.24, 2.45) is 13.0 Å². The van der Waals surface area contributed by atoms with Gasteiger partial charge in [0.1, 0.15) is 0 Å². The lowest BCUT2D eigenvalue weighted by atomic mass is 10.2. The predicted octanol–water partition coefficient (Wildman–Crippen LogP) is 1.34. The molecule has 0 aliphatic rings. The Morgan fingerprint density at radius 2 is 1.80 bits per heavy atom. The summed E-state index contributed by atoms with van der Waals surface area (Å²) in [5.41, 5.74) is 0.209. The molecule has 0 aromatic carbocycles. The molecule has 0 aliphatic heterocycles. The fraction of sp³-hybridized carbons (Fsp3) is 0.706. The number of aryl methyl sites for hydroxylation is 1. The van der Waals surface area contributed by atoms with Crippen LogP contribution in [-0.4, -0.2) is 38.2 Å². The maximum Gasteiger partial charge on any atom is 0.332 e. The van der Waals surface area contributed by atoms with E-state index in [1.54, 1.807) is 15.5 Å². The molecule has 0 amide bonds. The zero-order chi connectivity index (χ0) is 18.6. The molecule has 0 radical (unpaired) electrons. The zero-order valence-corrected chi connectivity index (χ0v) is 15.7. The fourth-order valence-electron chi connectivity index (χ4n) is 2.84. The number of fused-ring (bicyclic) bond motifs is 1. The van der Waals surface area contributed by atoms with Gasteiger partial charge in [-0.3, -0.25) is 13.9 Å². The summed E-state index contributed by atoms with van der Waals surface area (Å²) >= 11 is 0. The molecule has 140 valence electrons. The molecule has 8 heteroatoms. The van der Waals surface area contributed by atoms with Gasteiger partial charge in [-0.15, -0.1) is 0 Å². The van der Waals surface area contributed by atoms with Crippen LogP contribution in [0.25, 0.3) is 11.2 Å². The minimum atomic E-state index is -0.335. The van der Waals surface area contributed by atoms with Crippen LogP contribution >= 0.6 is 0 Å². The van der Waals surface area contributed by atoms with E-state index >= 15 is 0 Å². The summed E-state index contributed by atoms with van der Waals surface area (Å²) in [4.78, 5) is 29.3. The first kappa shape index (κ1) is 19.4. The molecule has 0 N–H and O–H groups in total. The first-order valence-corrected chi connectivity index (χ1v) is 8.78. The molecule has 0 atom stereocenters. The number of rotatable bonds is 9. The van der Waals surface area contributed by atoms with E-state index in [4.69, 9.17) is 9.47 Å². The predicted molar refractivity (Wildman–Crippen MR) is 95.7 cm³/mol. The summed E-state index contributed by atoms with van der Waals surface area (Å²) in [5, 5.41) is 0. The molecule has 2 aromatic rings. The lowest BCUT2D eigenvalue weighted by Gasteiger charge is -2.17. The molecule has 0 saturated heterocycles. The van der Waals surface area contributed by atoms with E-state index in [0.29, 0.717) is 43.9 Å². The number of hydrogen-bond donors (Lipinski definition) is 0. The average molecular weight is 352 g/mol. The third-order valence-electron chi connectivity index (χ3n) is 3.96. The fourth-order valence-corrected chi connectivity index (χ4v) is 2.84. The van der Waals surface area contributed by atoms with Crippen LogP contribution in [-0.2, 0) is 29.6 Å². The molecule has 25 heavy (non-hydrogen) atoms. The summed E-state index contributed by atoms with van der Waals surface area (Å²) in [6.45, 7) is 10.0. The van der Waals surface area contributed by atoms with Crippen molar-refractivity contribution in [3.63, 3.8) is 0 Å². The third kappa shape index (κ3) is 4.19. The van der Waals surface area contributed by atoms with E-state index in [1.807, 2.05) is 27.7 Å². The lowest BCUT2D eigenvalue weighted by molar-refractivity contribution is -0.140. The molecule has 0 unspecified atom stereocenters. The maximum atomic E-state index is 12.6. The molecule has 0 saturated carbocycles. The van der Waals surface area contributed by atoms with Crippen molar-refractivity contribution >= 4 is 11.2 Å². The zero-order valence-electron chi connectivity index (χ0n) is 15.7. The van der Waals surface area contributed by atoms with E-state index < -0.39 is 0 Å². The molecule has 0 aliphatic carbocycles. The normalized spacial score (nSPS) is 12.0. The summed E-state index contributed by atoms with van der Waals surface area (Å²) < 4.78 is 15.6. The van der Waals surface area contributed by atoms with Crippen LogP contribution in [0.2, 0.25) is 0 Å². The second-order valence-corrected chi connectivity index (χ2v) is 6.39. The Kier molecular flexibility index (Phi) is 6.55. The van der Waals surface area contributed by atoms with Gasteiger partial charge >= 0.3 is 5.69 Å². The summed E-state index contributed by atoms with van der Waals surface area (Å²) in [6, 6.07) is 0. The van der Waals surface area contributed by atoms with Crippen LogP contribution in [0.4, 0.5) is 0 Å².